The zero-order chi connectivity index (χ0) is 16.9. The van der Waals surface area contributed by atoms with E-state index in [4.69, 9.17) is 0 Å². The third-order valence-electron chi connectivity index (χ3n) is 4.91. The van der Waals surface area contributed by atoms with Crippen molar-refractivity contribution in [3.63, 3.8) is 0 Å². The fourth-order valence-corrected chi connectivity index (χ4v) is 3.64. The summed E-state index contributed by atoms with van der Waals surface area (Å²) in [6.45, 7) is 5.28. The van der Waals surface area contributed by atoms with Crippen LogP contribution in [0.5, 0.6) is 0 Å². The summed E-state index contributed by atoms with van der Waals surface area (Å²) in [6.07, 6.45) is 6.47. The molecule has 0 atom stereocenters. The highest BCUT2D eigenvalue weighted by Gasteiger charge is 2.23. The molecule has 0 radical (unpaired) electrons. The van der Waals surface area contributed by atoms with Gasteiger partial charge in [-0.05, 0) is 63.0 Å². The zero-order valence-corrected chi connectivity index (χ0v) is 14.5. The second-order valence-electron chi connectivity index (χ2n) is 6.89. The minimum Gasteiger partial charge on any atom is -0.325 e. The lowest BCUT2D eigenvalue weighted by Crippen LogP contribution is -2.34. The van der Waals surface area contributed by atoms with Crippen molar-refractivity contribution in [1.29, 1.82) is 0 Å². The van der Waals surface area contributed by atoms with E-state index >= 15 is 0 Å². The van der Waals surface area contributed by atoms with Crippen LogP contribution >= 0.6 is 0 Å². The highest BCUT2D eigenvalue weighted by Crippen LogP contribution is 2.27. The van der Waals surface area contributed by atoms with Crippen LogP contribution in [-0.4, -0.2) is 42.9 Å². The molecule has 0 spiro atoms. The molecular weight excluding hydrogens is 302 g/mol. The van der Waals surface area contributed by atoms with Gasteiger partial charge in [0.05, 0.1) is 6.54 Å². The zero-order valence-electron chi connectivity index (χ0n) is 14.5. The van der Waals surface area contributed by atoms with Crippen LogP contribution in [0.1, 0.15) is 44.1 Å². The highest BCUT2D eigenvalue weighted by atomic mass is 16.2. The van der Waals surface area contributed by atoms with E-state index in [1.807, 2.05) is 30.0 Å². The Morgan fingerprint density at radius 1 is 1.08 bits per heavy atom. The number of carbonyl (C=O) groups excluding carboxylic acids is 2. The van der Waals surface area contributed by atoms with Gasteiger partial charge in [-0.3, -0.25) is 14.5 Å². The second kappa shape index (κ2) is 7.79. The number of aryl methyl sites for hydroxylation is 1. The Morgan fingerprint density at radius 3 is 2.46 bits per heavy atom. The molecule has 2 saturated heterocycles. The van der Waals surface area contributed by atoms with Gasteiger partial charge < -0.3 is 10.2 Å². The third kappa shape index (κ3) is 4.15. The molecule has 0 aliphatic carbocycles. The van der Waals surface area contributed by atoms with E-state index in [1.165, 1.54) is 25.7 Å². The number of likely N-dealkylation sites (tertiary alicyclic amines) is 1. The fourth-order valence-electron chi connectivity index (χ4n) is 3.64. The van der Waals surface area contributed by atoms with E-state index in [1.54, 1.807) is 0 Å². The molecule has 3 rings (SSSR count). The van der Waals surface area contributed by atoms with Crippen LogP contribution in [-0.2, 0) is 9.59 Å². The average molecular weight is 329 g/mol. The van der Waals surface area contributed by atoms with E-state index < -0.39 is 0 Å². The maximum absolute atomic E-state index is 12.3. The maximum atomic E-state index is 12.3. The number of rotatable bonds is 4. The quantitative estimate of drug-likeness (QED) is 0.924. The lowest BCUT2D eigenvalue weighted by molar-refractivity contribution is -0.118. The largest absolute Gasteiger partial charge is 0.325 e. The Balaban J connectivity index is 1.59. The molecule has 0 bridgehead atoms. The van der Waals surface area contributed by atoms with E-state index in [0.717, 1.165) is 43.0 Å². The molecule has 0 aromatic heterocycles. The van der Waals surface area contributed by atoms with Crippen molar-refractivity contribution in [2.45, 2.75) is 45.4 Å². The summed E-state index contributed by atoms with van der Waals surface area (Å²) in [5, 5.41) is 3.00. The van der Waals surface area contributed by atoms with Gasteiger partial charge in [-0.1, -0.05) is 12.8 Å². The lowest BCUT2D eigenvalue weighted by Gasteiger charge is -2.20. The predicted octanol–water partition coefficient (Wildman–Crippen LogP) is 2.94. The van der Waals surface area contributed by atoms with Gasteiger partial charge in [0.15, 0.2) is 0 Å². The first-order valence-electron chi connectivity index (χ1n) is 9.07. The molecule has 5 nitrogen and oxygen atoms in total. The molecule has 2 heterocycles. The van der Waals surface area contributed by atoms with Gasteiger partial charge >= 0.3 is 0 Å². The number of carbonyl (C=O) groups is 2. The van der Waals surface area contributed by atoms with E-state index in [-0.39, 0.29) is 11.8 Å². The predicted molar refractivity (Wildman–Crippen MR) is 96.3 cm³/mol. The molecule has 24 heavy (non-hydrogen) atoms. The van der Waals surface area contributed by atoms with Gasteiger partial charge in [0, 0.05) is 24.3 Å². The van der Waals surface area contributed by atoms with Crippen LogP contribution in [0.25, 0.3) is 0 Å². The molecule has 1 N–H and O–H groups in total. The summed E-state index contributed by atoms with van der Waals surface area (Å²) in [5.74, 6) is 0.234. The Kier molecular flexibility index (Phi) is 5.51. The maximum Gasteiger partial charge on any atom is 0.238 e. The van der Waals surface area contributed by atoms with Gasteiger partial charge in [0.1, 0.15) is 0 Å². The Labute approximate surface area is 144 Å². The average Bonchev–Trinajstić information content (AvgIpc) is 2.80. The Morgan fingerprint density at radius 2 is 1.83 bits per heavy atom. The number of hydrogen-bond acceptors (Lipinski definition) is 3. The number of benzene rings is 1. The van der Waals surface area contributed by atoms with Gasteiger partial charge in [-0.2, -0.15) is 0 Å². The molecule has 0 saturated carbocycles. The summed E-state index contributed by atoms with van der Waals surface area (Å²) in [4.78, 5) is 28.3. The normalized spacial score (nSPS) is 19.4. The molecule has 5 heteroatoms. The van der Waals surface area contributed by atoms with Gasteiger partial charge in [-0.15, -0.1) is 0 Å². The molecule has 2 fully saturated rings. The van der Waals surface area contributed by atoms with Crippen molar-refractivity contribution in [2.75, 3.05) is 36.4 Å². The first-order chi connectivity index (χ1) is 11.6. The summed E-state index contributed by atoms with van der Waals surface area (Å²) in [5.41, 5.74) is 2.79. The van der Waals surface area contributed by atoms with Crippen LogP contribution in [0.2, 0.25) is 0 Å². The monoisotopic (exact) mass is 329 g/mol. The number of nitrogens with one attached hydrogen (secondary N) is 1. The minimum atomic E-state index is 0.0429. The summed E-state index contributed by atoms with van der Waals surface area (Å²) in [7, 11) is 0. The first-order valence-corrected chi connectivity index (χ1v) is 9.07. The first kappa shape index (κ1) is 17.0. The van der Waals surface area contributed by atoms with Gasteiger partial charge in [-0.25, -0.2) is 0 Å². The van der Waals surface area contributed by atoms with Crippen molar-refractivity contribution < 1.29 is 9.59 Å². The van der Waals surface area contributed by atoms with E-state index in [0.29, 0.717) is 13.0 Å². The van der Waals surface area contributed by atoms with Crippen LogP contribution in [0.4, 0.5) is 11.4 Å². The third-order valence-corrected chi connectivity index (χ3v) is 4.91. The van der Waals surface area contributed by atoms with Crippen molar-refractivity contribution in [1.82, 2.24) is 4.90 Å². The lowest BCUT2D eigenvalue weighted by atomic mass is 10.1. The van der Waals surface area contributed by atoms with Crippen LogP contribution < -0.4 is 10.2 Å². The molecule has 0 unspecified atom stereocenters. The summed E-state index contributed by atoms with van der Waals surface area (Å²) >= 11 is 0. The van der Waals surface area contributed by atoms with E-state index in [2.05, 4.69) is 10.2 Å². The Bertz CT molecular complexity index is 607. The second-order valence-corrected chi connectivity index (χ2v) is 6.89. The SMILES string of the molecule is Cc1cc(NC(=O)CN2CCCCCC2)ccc1N1CCCC1=O. The molecule has 2 aliphatic rings. The molecule has 1 aromatic rings. The summed E-state index contributed by atoms with van der Waals surface area (Å²) in [6, 6.07) is 5.80. The fraction of sp³-hybridized carbons (Fsp3) is 0.579. The van der Waals surface area contributed by atoms with Crippen LogP contribution in [0.15, 0.2) is 18.2 Å². The van der Waals surface area contributed by atoms with Crippen molar-refractivity contribution in [2.24, 2.45) is 0 Å². The van der Waals surface area contributed by atoms with Gasteiger partial charge in [0.2, 0.25) is 11.8 Å². The number of amides is 2. The number of hydrogen-bond donors (Lipinski definition) is 1. The van der Waals surface area contributed by atoms with Crippen molar-refractivity contribution >= 4 is 23.2 Å². The number of anilines is 2. The van der Waals surface area contributed by atoms with Crippen molar-refractivity contribution in [3.05, 3.63) is 23.8 Å². The number of nitrogens with zero attached hydrogens (tertiary/aromatic N) is 2. The van der Waals surface area contributed by atoms with Gasteiger partial charge in [0.25, 0.3) is 0 Å². The molecule has 1 aromatic carbocycles. The molecular formula is C19H27N3O2. The molecule has 2 amide bonds. The molecule has 2 aliphatic heterocycles. The topological polar surface area (TPSA) is 52.7 Å². The Hall–Kier alpha value is -1.88. The highest BCUT2D eigenvalue weighted by molar-refractivity contribution is 5.97. The van der Waals surface area contributed by atoms with E-state index in [9.17, 15) is 9.59 Å². The van der Waals surface area contributed by atoms with Crippen LogP contribution in [0, 0.1) is 6.92 Å². The molecule has 130 valence electrons. The smallest absolute Gasteiger partial charge is 0.238 e. The standard InChI is InChI=1S/C19H27N3O2/c1-15-13-16(8-9-17(15)22-12-6-7-19(22)24)20-18(23)14-21-10-4-2-3-5-11-21/h8-9,13H,2-7,10-12,14H2,1H3,(H,20,23). The van der Waals surface area contributed by atoms with Crippen molar-refractivity contribution in [3.8, 4) is 0 Å². The van der Waals surface area contributed by atoms with Crippen LogP contribution in [0.3, 0.4) is 0 Å². The summed E-state index contributed by atoms with van der Waals surface area (Å²) < 4.78 is 0. The minimum absolute atomic E-state index is 0.0429.